The smallest absolute Gasteiger partial charge is 0.565 e. The van der Waals surface area contributed by atoms with E-state index in [4.69, 9.17) is 44.1 Å². The SMILES string of the molecule is O=[P+]([O-])OO.O=[P+]([O-])OO.O=[P+]([O-])OO.[Al+3]. The van der Waals surface area contributed by atoms with Crippen molar-refractivity contribution in [2.75, 3.05) is 0 Å². The van der Waals surface area contributed by atoms with Crippen LogP contribution in [0.3, 0.4) is 0 Å². The first kappa shape index (κ1) is 25.3. The molecule has 3 atom stereocenters. The van der Waals surface area contributed by atoms with Gasteiger partial charge in [0.1, 0.15) is 0 Å². The molecule has 0 amide bonds. The van der Waals surface area contributed by atoms with Gasteiger partial charge in [-0.3, -0.25) is 0 Å². The Labute approximate surface area is 101 Å². The van der Waals surface area contributed by atoms with Crippen LogP contribution < -0.4 is 14.7 Å². The first-order valence-electron chi connectivity index (χ1n) is 2.19. The van der Waals surface area contributed by atoms with Crippen molar-refractivity contribution >= 4 is 42.1 Å². The van der Waals surface area contributed by atoms with Crippen molar-refractivity contribution in [3.63, 3.8) is 0 Å². The quantitative estimate of drug-likeness (QED) is 0.225. The normalized spacial score (nSPS) is 10.5. The maximum atomic E-state index is 8.93. The summed E-state index contributed by atoms with van der Waals surface area (Å²) in [5, 5.41) is 21.1. The van der Waals surface area contributed by atoms with Crippen LogP contribution in [0.1, 0.15) is 0 Å². The minimum atomic E-state index is -3.04. The van der Waals surface area contributed by atoms with Gasteiger partial charge in [-0.1, -0.05) is 0 Å². The first-order valence-corrected chi connectivity index (χ1v) is 5.48. The minimum absolute atomic E-state index is 0. The molecule has 12 nitrogen and oxygen atoms in total. The molecule has 3 N–H and O–H groups in total. The van der Waals surface area contributed by atoms with E-state index < -0.39 is 24.8 Å². The summed E-state index contributed by atoms with van der Waals surface area (Å²) in [7, 11) is -9.13. The van der Waals surface area contributed by atoms with Gasteiger partial charge in [0.15, 0.2) is 0 Å². The molecule has 0 rings (SSSR count). The fourth-order valence-corrected chi connectivity index (χ4v) is 0. The van der Waals surface area contributed by atoms with E-state index in [1.807, 2.05) is 0 Å². The first-order chi connectivity index (χ1) is 6.81. The van der Waals surface area contributed by atoms with Gasteiger partial charge in [0, 0.05) is 14.0 Å². The predicted octanol–water partition coefficient (Wildman–Crippen LogP) is -1.90. The van der Waals surface area contributed by atoms with E-state index in [0.717, 1.165) is 0 Å². The van der Waals surface area contributed by atoms with Crippen molar-refractivity contribution in [1.82, 2.24) is 0 Å². The molecule has 0 fully saturated rings. The van der Waals surface area contributed by atoms with Crippen LogP contribution in [0.5, 0.6) is 0 Å². The van der Waals surface area contributed by atoms with E-state index in [2.05, 4.69) is 14.0 Å². The Balaban J connectivity index is -0.0000000655. The Morgan fingerprint density at radius 1 is 0.688 bits per heavy atom. The fraction of sp³-hybridized carbons (Fsp3) is 0. The molecule has 90 valence electrons. The Morgan fingerprint density at radius 3 is 0.750 bits per heavy atom. The van der Waals surface area contributed by atoms with Crippen molar-refractivity contribution in [1.29, 1.82) is 0 Å². The molecule has 0 aliphatic heterocycles. The molecule has 0 radical (unpaired) electrons. The molecule has 0 saturated heterocycles. The van der Waals surface area contributed by atoms with Crippen molar-refractivity contribution < 1.29 is 58.2 Å². The number of hydrogen-bond acceptors (Lipinski definition) is 12. The van der Waals surface area contributed by atoms with Crippen LogP contribution >= 0.6 is 24.8 Å². The van der Waals surface area contributed by atoms with E-state index in [9.17, 15) is 0 Å². The average Bonchev–Trinajstić information content (AvgIpc) is 2.19. The van der Waals surface area contributed by atoms with Crippen LogP contribution in [-0.2, 0) is 27.7 Å². The van der Waals surface area contributed by atoms with Crippen LogP contribution in [0.25, 0.3) is 0 Å². The van der Waals surface area contributed by atoms with Gasteiger partial charge in [0.25, 0.3) is 0 Å². The average molecular weight is 315 g/mol. The molecule has 3 unspecified atom stereocenters. The topological polar surface area (TPSA) is 209 Å². The summed E-state index contributed by atoms with van der Waals surface area (Å²) >= 11 is 0. The summed E-state index contributed by atoms with van der Waals surface area (Å²) < 4.78 is 34.9. The summed E-state index contributed by atoms with van der Waals surface area (Å²) in [6.07, 6.45) is 0. The number of hydrogen-bond donors (Lipinski definition) is 3. The molecule has 0 aromatic carbocycles. The van der Waals surface area contributed by atoms with Gasteiger partial charge in [-0.2, -0.15) is 0 Å². The summed E-state index contributed by atoms with van der Waals surface area (Å²) in [6, 6.07) is 0. The molecular formula is H3AlO12P3+3. The summed E-state index contributed by atoms with van der Waals surface area (Å²) in [6.45, 7) is 0. The maximum Gasteiger partial charge on any atom is 3.00 e. The zero-order valence-corrected chi connectivity index (χ0v) is 10.8. The second kappa shape index (κ2) is 20.8. The van der Waals surface area contributed by atoms with E-state index in [-0.39, 0.29) is 17.4 Å². The van der Waals surface area contributed by atoms with Gasteiger partial charge >= 0.3 is 42.1 Å². The second-order valence-electron chi connectivity index (χ2n) is 0.916. The molecule has 0 aliphatic carbocycles. The van der Waals surface area contributed by atoms with Crippen LogP contribution in [0, 0.1) is 0 Å². The van der Waals surface area contributed by atoms with Crippen molar-refractivity contribution in [2.45, 2.75) is 0 Å². The maximum absolute atomic E-state index is 8.93. The van der Waals surface area contributed by atoms with E-state index in [1.54, 1.807) is 0 Å². The predicted molar refractivity (Wildman–Crippen MR) is 39.7 cm³/mol. The van der Waals surface area contributed by atoms with Crippen LogP contribution in [-0.4, -0.2) is 33.1 Å². The molecule has 0 spiro atoms. The zero-order valence-electron chi connectivity index (χ0n) is 6.93. The Morgan fingerprint density at radius 2 is 0.750 bits per heavy atom. The summed E-state index contributed by atoms with van der Waals surface area (Å²) in [5.74, 6) is 0. The van der Waals surface area contributed by atoms with Crippen LogP contribution in [0.15, 0.2) is 0 Å². The molecule has 0 aromatic heterocycles. The van der Waals surface area contributed by atoms with Gasteiger partial charge < -0.3 is 14.7 Å². The van der Waals surface area contributed by atoms with E-state index in [0.29, 0.717) is 0 Å². The third-order valence-electron chi connectivity index (χ3n) is 0.200. The molecule has 16 heteroatoms. The van der Waals surface area contributed by atoms with Gasteiger partial charge in [0.2, 0.25) is 0 Å². The zero-order chi connectivity index (χ0) is 12.9. The van der Waals surface area contributed by atoms with Gasteiger partial charge in [-0.15, -0.1) is 0 Å². The third kappa shape index (κ3) is 62.7. The van der Waals surface area contributed by atoms with Crippen molar-refractivity contribution in [3.05, 3.63) is 0 Å². The van der Waals surface area contributed by atoms with Gasteiger partial charge in [0.05, 0.1) is 0 Å². The molecule has 0 aromatic rings. The molecule has 0 heterocycles. The molecule has 0 bridgehead atoms. The van der Waals surface area contributed by atoms with Gasteiger partial charge in [-0.05, 0) is 13.7 Å². The fourth-order valence-electron chi connectivity index (χ4n) is 0. The molecule has 0 saturated carbocycles. The molecular weight excluding hydrogens is 312 g/mol. The molecule has 0 aliphatic rings. The summed E-state index contributed by atoms with van der Waals surface area (Å²) in [5.41, 5.74) is 0. The van der Waals surface area contributed by atoms with E-state index >= 15 is 0 Å². The molecule has 16 heavy (non-hydrogen) atoms. The van der Waals surface area contributed by atoms with Crippen molar-refractivity contribution in [2.24, 2.45) is 0 Å². The van der Waals surface area contributed by atoms with E-state index in [1.165, 1.54) is 0 Å². The van der Waals surface area contributed by atoms with Crippen LogP contribution in [0.4, 0.5) is 0 Å². The Hall–Kier alpha value is 0.472. The monoisotopic (exact) mass is 315 g/mol. The Kier molecular flexibility index (Phi) is 33.0. The Bertz CT molecular complexity index is 155. The minimum Gasteiger partial charge on any atom is -0.565 e. The summed E-state index contributed by atoms with van der Waals surface area (Å²) in [4.78, 5) is 26.8. The largest absolute Gasteiger partial charge is 3.00 e. The van der Waals surface area contributed by atoms with Crippen molar-refractivity contribution in [3.8, 4) is 0 Å². The van der Waals surface area contributed by atoms with Gasteiger partial charge in [-0.25, -0.2) is 15.8 Å². The number of rotatable bonds is 3. The van der Waals surface area contributed by atoms with Crippen LogP contribution in [0.2, 0.25) is 0 Å². The second-order valence-corrected chi connectivity index (χ2v) is 2.75. The standard InChI is InChI=1S/Al.3HO4P/c;3*1-4-5(2)3/h;3*1H/q+3;;;. The third-order valence-corrected chi connectivity index (χ3v) is 0.600.